The smallest absolute Gasteiger partial charge is 0.321 e. The molecule has 1 amide bonds. The zero-order chi connectivity index (χ0) is 23.0. The number of amides is 1. The molecule has 164 valence electrons. The van der Waals surface area contributed by atoms with Gasteiger partial charge in [-0.15, -0.1) is 11.3 Å². The maximum atomic E-state index is 12.7. The monoisotopic (exact) mass is 470 g/mol. The van der Waals surface area contributed by atoms with Crippen molar-refractivity contribution in [3.8, 4) is 0 Å². The molecule has 1 aromatic heterocycles. The number of nitrogens with zero attached hydrogens (tertiary/aromatic N) is 1. The van der Waals surface area contributed by atoms with Gasteiger partial charge in [0.05, 0.1) is 16.4 Å². The minimum absolute atomic E-state index is 0.00101. The van der Waals surface area contributed by atoms with E-state index in [4.69, 9.17) is 5.11 Å². The molecule has 0 radical (unpaired) electrons. The van der Waals surface area contributed by atoms with Crippen molar-refractivity contribution in [2.75, 3.05) is 5.32 Å². The van der Waals surface area contributed by atoms with E-state index in [2.05, 4.69) is 5.32 Å². The first-order valence-corrected chi connectivity index (χ1v) is 11.8. The molecule has 0 saturated carbocycles. The van der Waals surface area contributed by atoms with Gasteiger partial charge >= 0.3 is 5.97 Å². The van der Waals surface area contributed by atoms with Crippen molar-refractivity contribution in [1.29, 1.82) is 0 Å². The normalized spacial score (nSPS) is 15.7. The van der Waals surface area contributed by atoms with Crippen LogP contribution in [0, 0.1) is 0 Å². The maximum absolute atomic E-state index is 12.7. The van der Waals surface area contributed by atoms with Crippen molar-refractivity contribution < 1.29 is 27.9 Å². The highest BCUT2D eigenvalue weighted by molar-refractivity contribution is 7.89. The highest BCUT2D eigenvalue weighted by atomic mass is 32.2. The van der Waals surface area contributed by atoms with Gasteiger partial charge in [0.25, 0.3) is 5.91 Å². The Morgan fingerprint density at radius 3 is 2.31 bits per heavy atom. The standard InChI is InChI=1S/C22H18N2O6S2/c1-13(22(27)28)24-12-17-18(32(24,29)30)11-19(31-17)23-21(26)16-9-5-8-15(10-16)20(25)14-6-3-2-4-7-14/h2-11,13H,12H2,1H3,(H,23,26)(H,27,28)/t13-/m1/s1. The molecule has 0 aliphatic carbocycles. The van der Waals surface area contributed by atoms with E-state index in [9.17, 15) is 22.8 Å². The second-order valence-corrected chi connectivity index (χ2v) is 10.2. The van der Waals surface area contributed by atoms with Gasteiger partial charge in [-0.25, -0.2) is 8.42 Å². The molecule has 0 spiro atoms. The Balaban J connectivity index is 1.53. The largest absolute Gasteiger partial charge is 0.480 e. The number of benzene rings is 2. The Bertz CT molecular complexity index is 1330. The van der Waals surface area contributed by atoms with E-state index in [1.54, 1.807) is 48.5 Å². The van der Waals surface area contributed by atoms with Crippen molar-refractivity contribution in [1.82, 2.24) is 4.31 Å². The first-order chi connectivity index (χ1) is 15.2. The lowest BCUT2D eigenvalue weighted by Gasteiger charge is -2.18. The molecule has 8 nitrogen and oxygen atoms in total. The third kappa shape index (κ3) is 3.95. The Hall–Kier alpha value is -3.34. The summed E-state index contributed by atoms with van der Waals surface area (Å²) in [6.07, 6.45) is 0. The number of hydrogen-bond acceptors (Lipinski definition) is 6. The van der Waals surface area contributed by atoms with Crippen LogP contribution in [0.4, 0.5) is 5.00 Å². The summed E-state index contributed by atoms with van der Waals surface area (Å²) >= 11 is 1.07. The average Bonchev–Trinajstić information content (AvgIpc) is 3.29. The van der Waals surface area contributed by atoms with Gasteiger partial charge in [0.15, 0.2) is 5.78 Å². The molecule has 1 aliphatic rings. The average molecular weight is 471 g/mol. The zero-order valence-corrected chi connectivity index (χ0v) is 18.4. The van der Waals surface area contributed by atoms with Crippen LogP contribution in [0.1, 0.15) is 38.1 Å². The predicted molar refractivity (Wildman–Crippen MR) is 118 cm³/mol. The van der Waals surface area contributed by atoms with Crippen molar-refractivity contribution >= 4 is 44.0 Å². The lowest BCUT2D eigenvalue weighted by Crippen LogP contribution is -2.39. The Kier molecular flexibility index (Phi) is 5.68. The molecule has 0 fully saturated rings. The highest BCUT2D eigenvalue weighted by Gasteiger charge is 2.42. The molecular formula is C22H18N2O6S2. The van der Waals surface area contributed by atoms with E-state index >= 15 is 0 Å². The number of aliphatic carboxylic acids is 1. The molecule has 2 aromatic carbocycles. The van der Waals surface area contributed by atoms with E-state index in [1.807, 2.05) is 0 Å². The van der Waals surface area contributed by atoms with Gasteiger partial charge in [-0.2, -0.15) is 4.31 Å². The lowest BCUT2D eigenvalue weighted by atomic mass is 10.0. The number of sulfonamides is 1. The SMILES string of the molecule is C[C@H](C(=O)O)N1Cc2sc(NC(=O)c3cccc(C(=O)c4ccccc4)c3)cc2S1(=O)=O. The maximum Gasteiger partial charge on any atom is 0.321 e. The van der Waals surface area contributed by atoms with Gasteiger partial charge < -0.3 is 10.4 Å². The predicted octanol–water partition coefficient (Wildman–Crippen LogP) is 3.21. The molecule has 0 bridgehead atoms. The zero-order valence-electron chi connectivity index (χ0n) is 16.8. The number of ketones is 1. The van der Waals surface area contributed by atoms with E-state index in [0.717, 1.165) is 15.6 Å². The van der Waals surface area contributed by atoms with Crippen LogP contribution in [0.25, 0.3) is 0 Å². The number of anilines is 1. The summed E-state index contributed by atoms with van der Waals surface area (Å²) in [5.41, 5.74) is 1.12. The van der Waals surface area contributed by atoms with Crippen LogP contribution >= 0.6 is 11.3 Å². The molecular weight excluding hydrogens is 452 g/mol. The van der Waals surface area contributed by atoms with Crippen molar-refractivity contribution in [3.63, 3.8) is 0 Å². The Morgan fingerprint density at radius 2 is 1.66 bits per heavy atom. The summed E-state index contributed by atoms with van der Waals surface area (Å²) in [6, 6.07) is 15.1. The summed E-state index contributed by atoms with van der Waals surface area (Å²) in [4.78, 5) is 37.0. The summed E-state index contributed by atoms with van der Waals surface area (Å²) in [5.74, 6) is -1.93. The number of carbonyl (C=O) groups is 3. The number of carboxylic acid groups (broad SMARTS) is 1. The minimum Gasteiger partial charge on any atom is -0.480 e. The van der Waals surface area contributed by atoms with Gasteiger partial charge in [0.2, 0.25) is 10.0 Å². The number of carbonyl (C=O) groups excluding carboxylic acids is 2. The van der Waals surface area contributed by atoms with Crippen LogP contribution in [-0.4, -0.2) is 41.5 Å². The van der Waals surface area contributed by atoms with Crippen molar-refractivity contribution in [3.05, 3.63) is 82.2 Å². The van der Waals surface area contributed by atoms with Crippen LogP contribution in [0.15, 0.2) is 65.6 Å². The molecule has 32 heavy (non-hydrogen) atoms. The molecule has 3 aromatic rings. The summed E-state index contributed by atoms with van der Waals surface area (Å²) < 4.78 is 26.3. The molecule has 0 unspecified atom stereocenters. The third-order valence-corrected chi connectivity index (χ3v) is 8.25. The first kappa shape index (κ1) is 21.9. The minimum atomic E-state index is -3.95. The second-order valence-electron chi connectivity index (χ2n) is 7.19. The van der Waals surface area contributed by atoms with Gasteiger partial charge in [0, 0.05) is 21.6 Å². The van der Waals surface area contributed by atoms with E-state index in [1.165, 1.54) is 19.1 Å². The number of rotatable bonds is 6. The Morgan fingerprint density at radius 1 is 1.00 bits per heavy atom. The molecule has 2 N–H and O–H groups in total. The summed E-state index contributed by atoms with van der Waals surface area (Å²) in [6.45, 7) is 1.25. The third-order valence-electron chi connectivity index (χ3n) is 5.11. The number of hydrogen-bond donors (Lipinski definition) is 2. The molecule has 0 saturated heterocycles. The van der Waals surface area contributed by atoms with Crippen LogP contribution in [0.5, 0.6) is 0 Å². The fourth-order valence-electron chi connectivity index (χ4n) is 3.37. The van der Waals surface area contributed by atoms with E-state index in [0.29, 0.717) is 21.0 Å². The second kappa shape index (κ2) is 8.30. The van der Waals surface area contributed by atoms with E-state index in [-0.39, 0.29) is 22.8 Å². The van der Waals surface area contributed by atoms with Gasteiger partial charge in [-0.3, -0.25) is 14.4 Å². The first-order valence-electron chi connectivity index (χ1n) is 9.57. The van der Waals surface area contributed by atoms with Gasteiger partial charge in [0.1, 0.15) is 6.04 Å². The lowest BCUT2D eigenvalue weighted by molar-refractivity contribution is -0.140. The fourth-order valence-corrected chi connectivity index (χ4v) is 6.59. The quantitative estimate of drug-likeness (QED) is 0.534. The highest BCUT2D eigenvalue weighted by Crippen LogP contribution is 2.40. The van der Waals surface area contributed by atoms with Crippen LogP contribution in [0.3, 0.4) is 0 Å². The molecule has 1 atom stereocenters. The van der Waals surface area contributed by atoms with Crippen LogP contribution < -0.4 is 5.32 Å². The molecule has 2 heterocycles. The number of thiophene rings is 1. The molecule has 4 rings (SSSR count). The Labute approximate surface area is 188 Å². The number of nitrogens with one attached hydrogen (secondary N) is 1. The van der Waals surface area contributed by atoms with Crippen molar-refractivity contribution in [2.24, 2.45) is 0 Å². The number of fused-ring (bicyclic) bond motifs is 1. The summed E-state index contributed by atoms with van der Waals surface area (Å²) in [5, 5.41) is 12.1. The summed E-state index contributed by atoms with van der Waals surface area (Å²) in [7, 11) is -3.95. The number of carboxylic acids is 1. The fraction of sp³-hybridized carbons (Fsp3) is 0.136. The topological polar surface area (TPSA) is 121 Å². The van der Waals surface area contributed by atoms with Crippen LogP contribution in [-0.2, 0) is 21.4 Å². The van der Waals surface area contributed by atoms with Crippen LogP contribution in [0.2, 0.25) is 0 Å². The van der Waals surface area contributed by atoms with Gasteiger partial charge in [-0.05, 0) is 25.1 Å². The van der Waals surface area contributed by atoms with Gasteiger partial charge in [-0.1, -0.05) is 42.5 Å². The van der Waals surface area contributed by atoms with Crippen molar-refractivity contribution in [2.45, 2.75) is 24.4 Å². The molecule has 10 heteroatoms. The van der Waals surface area contributed by atoms with E-state index < -0.39 is 27.9 Å². The molecule has 1 aliphatic heterocycles.